The Morgan fingerprint density at radius 2 is 0.880 bits per heavy atom. The van der Waals surface area contributed by atoms with Gasteiger partial charge >= 0.3 is 0 Å². The first-order chi connectivity index (χ1) is 24.8. The Bertz CT molecular complexity index is 2640. The molecule has 0 fully saturated rings. The molecule has 0 atom stereocenters. The second-order valence-electron chi connectivity index (χ2n) is 12.1. The van der Waals surface area contributed by atoms with Crippen LogP contribution in [0.1, 0.15) is 0 Å². The summed E-state index contributed by atoms with van der Waals surface area (Å²) >= 11 is 0. The predicted octanol–water partition coefficient (Wildman–Crippen LogP) is 11.5. The molecule has 0 saturated heterocycles. The van der Waals surface area contributed by atoms with Crippen molar-refractivity contribution >= 4 is 32.8 Å². The molecule has 0 radical (unpaired) electrons. The molecule has 5 nitrogen and oxygen atoms in total. The zero-order valence-corrected chi connectivity index (χ0v) is 27.0. The van der Waals surface area contributed by atoms with Crippen molar-refractivity contribution in [3.8, 4) is 51.0 Å². The van der Waals surface area contributed by atoms with Crippen LogP contribution < -0.4 is 0 Å². The van der Waals surface area contributed by atoms with Gasteiger partial charge in [-0.2, -0.15) is 0 Å². The van der Waals surface area contributed by atoms with Gasteiger partial charge in [0.25, 0.3) is 0 Å². The first-order valence-corrected chi connectivity index (χ1v) is 16.6. The fourth-order valence-corrected chi connectivity index (χ4v) is 6.44. The number of furan rings is 1. The number of hydrogen-bond acceptors (Lipinski definition) is 4. The van der Waals surface area contributed by atoms with E-state index in [9.17, 15) is 0 Å². The minimum absolute atomic E-state index is 0.610. The average molecular weight is 643 g/mol. The van der Waals surface area contributed by atoms with Crippen molar-refractivity contribution in [1.82, 2.24) is 19.5 Å². The molecule has 3 heterocycles. The summed E-state index contributed by atoms with van der Waals surface area (Å²) in [6.07, 6.45) is 2.13. The molecule has 0 aliphatic rings. The molecule has 0 aliphatic heterocycles. The van der Waals surface area contributed by atoms with Gasteiger partial charge in [0.05, 0.1) is 5.52 Å². The minimum atomic E-state index is 0.610. The molecule has 0 bridgehead atoms. The summed E-state index contributed by atoms with van der Waals surface area (Å²) in [6.45, 7) is 0. The van der Waals surface area contributed by atoms with Crippen LogP contribution in [0.2, 0.25) is 0 Å². The number of fused-ring (bicyclic) bond motifs is 4. The lowest BCUT2D eigenvalue weighted by molar-refractivity contribution is 0.669. The second kappa shape index (κ2) is 12.6. The van der Waals surface area contributed by atoms with Crippen molar-refractivity contribution < 1.29 is 4.42 Å². The van der Waals surface area contributed by atoms with Gasteiger partial charge in [0, 0.05) is 39.3 Å². The topological polar surface area (TPSA) is 56.7 Å². The minimum Gasteiger partial charge on any atom is -0.456 e. The van der Waals surface area contributed by atoms with Crippen LogP contribution >= 0.6 is 0 Å². The summed E-state index contributed by atoms with van der Waals surface area (Å²) in [4.78, 5) is 14.8. The Morgan fingerprint density at radius 3 is 1.54 bits per heavy atom. The number of para-hydroxylation sites is 2. The Hall–Kier alpha value is -6.85. The van der Waals surface area contributed by atoms with Crippen molar-refractivity contribution in [1.29, 1.82) is 0 Å². The lowest BCUT2D eigenvalue weighted by atomic mass is 10.0. The zero-order valence-electron chi connectivity index (χ0n) is 27.0. The quantitative estimate of drug-likeness (QED) is 0.187. The van der Waals surface area contributed by atoms with Gasteiger partial charge in [0.1, 0.15) is 11.2 Å². The molecule has 6 aromatic carbocycles. The summed E-state index contributed by atoms with van der Waals surface area (Å²) < 4.78 is 8.56. The van der Waals surface area contributed by atoms with Crippen LogP contribution in [0.3, 0.4) is 0 Å². The van der Waals surface area contributed by atoms with Gasteiger partial charge in [-0.3, -0.25) is 0 Å². The third-order valence-corrected chi connectivity index (χ3v) is 8.94. The van der Waals surface area contributed by atoms with Gasteiger partial charge in [-0.05, 0) is 71.1 Å². The van der Waals surface area contributed by atoms with Gasteiger partial charge in [-0.15, -0.1) is 0 Å². The molecule has 9 rings (SSSR count). The molecule has 236 valence electrons. The number of aromatic nitrogens is 4. The Morgan fingerprint density at radius 1 is 0.380 bits per heavy atom. The first kappa shape index (κ1) is 29.3. The van der Waals surface area contributed by atoms with Crippen molar-refractivity contribution in [2.45, 2.75) is 0 Å². The van der Waals surface area contributed by atoms with Crippen LogP contribution in [0.15, 0.2) is 187 Å². The Kier molecular flexibility index (Phi) is 7.41. The van der Waals surface area contributed by atoms with E-state index in [-0.39, 0.29) is 0 Å². The van der Waals surface area contributed by atoms with Gasteiger partial charge < -0.3 is 8.98 Å². The molecular formula is C45H30N4O. The van der Waals surface area contributed by atoms with E-state index >= 15 is 0 Å². The van der Waals surface area contributed by atoms with Crippen molar-refractivity contribution in [3.05, 3.63) is 182 Å². The number of rotatable bonds is 5. The fraction of sp³-hybridized carbons (Fsp3) is 0. The smallest absolute Gasteiger partial charge is 0.164 e. The summed E-state index contributed by atoms with van der Waals surface area (Å²) in [5, 5.41) is 3.17. The van der Waals surface area contributed by atoms with Crippen LogP contribution in [0.25, 0.3) is 83.8 Å². The molecule has 50 heavy (non-hydrogen) atoms. The Labute approximate surface area is 289 Å². The average Bonchev–Trinajstić information content (AvgIpc) is 3.59. The van der Waals surface area contributed by atoms with Crippen LogP contribution in [-0.4, -0.2) is 19.5 Å². The standard InChI is InChI=1S/C45H30N4O/c1-4-14-33(15-5-1)43-46-44(34-16-6-2-7-17-34)48-45(47-43)36-25-27-42-39(30-36)38-29-35(24-26-41(38)50-42)31-18-12-28-49(37-19-8-3-9-20-37)40-21-11-10-13-32(40)23-22-31/h1-30H. The molecule has 0 N–H and O–H groups in total. The van der Waals surface area contributed by atoms with Crippen LogP contribution in [-0.2, 0) is 0 Å². The maximum Gasteiger partial charge on any atom is 0.164 e. The third-order valence-electron chi connectivity index (χ3n) is 8.94. The van der Waals surface area contributed by atoms with Gasteiger partial charge in [0.15, 0.2) is 17.5 Å². The van der Waals surface area contributed by atoms with Crippen molar-refractivity contribution in [2.75, 3.05) is 0 Å². The highest BCUT2D eigenvalue weighted by Crippen LogP contribution is 2.35. The van der Waals surface area contributed by atoms with Gasteiger partial charge in [-0.1, -0.05) is 121 Å². The van der Waals surface area contributed by atoms with E-state index in [0.29, 0.717) is 17.5 Å². The number of hydrogen-bond donors (Lipinski definition) is 0. The summed E-state index contributed by atoms with van der Waals surface area (Å²) in [5.74, 6) is 1.88. The van der Waals surface area contributed by atoms with Crippen LogP contribution in [0.5, 0.6) is 0 Å². The molecule has 3 aromatic heterocycles. The second-order valence-corrected chi connectivity index (χ2v) is 12.1. The van der Waals surface area contributed by atoms with E-state index in [1.54, 1.807) is 0 Å². The highest BCUT2D eigenvalue weighted by Gasteiger charge is 2.15. The lowest BCUT2D eigenvalue weighted by Crippen LogP contribution is -2.00. The van der Waals surface area contributed by atoms with Crippen LogP contribution in [0, 0.1) is 0 Å². The van der Waals surface area contributed by atoms with Gasteiger partial charge in [0.2, 0.25) is 0 Å². The maximum absolute atomic E-state index is 6.33. The van der Waals surface area contributed by atoms with E-state index in [4.69, 9.17) is 19.4 Å². The van der Waals surface area contributed by atoms with E-state index < -0.39 is 0 Å². The SMILES string of the molecule is c1ccc(-c2nc(-c3ccccc3)nc(-c3ccc4oc5ccc(-c6cccn(-c7ccccc7)c7ccccc7cc6)cc5c4c3)n2)cc1. The number of benzene rings is 6. The highest BCUT2D eigenvalue weighted by molar-refractivity contribution is 6.07. The first-order valence-electron chi connectivity index (χ1n) is 16.6. The zero-order chi connectivity index (χ0) is 33.3. The van der Waals surface area contributed by atoms with Crippen LogP contribution in [0.4, 0.5) is 0 Å². The number of nitrogens with zero attached hydrogens (tertiary/aromatic N) is 4. The third kappa shape index (κ3) is 5.57. The Balaban J connectivity index is 1.18. The molecule has 0 amide bonds. The van der Waals surface area contributed by atoms with Crippen molar-refractivity contribution in [2.24, 2.45) is 0 Å². The molecule has 0 unspecified atom stereocenters. The summed E-state index contributed by atoms with van der Waals surface area (Å²) in [7, 11) is 0. The summed E-state index contributed by atoms with van der Waals surface area (Å²) in [6, 6.07) is 60.2. The van der Waals surface area contributed by atoms with E-state index in [1.807, 2.05) is 78.9 Å². The van der Waals surface area contributed by atoms with Crippen molar-refractivity contribution in [3.63, 3.8) is 0 Å². The predicted molar refractivity (Wildman–Crippen MR) is 203 cm³/mol. The molecular weight excluding hydrogens is 613 g/mol. The monoisotopic (exact) mass is 642 g/mol. The molecule has 0 aliphatic carbocycles. The highest BCUT2D eigenvalue weighted by atomic mass is 16.3. The summed E-state index contributed by atoms with van der Waals surface area (Å²) in [5.41, 5.74) is 8.82. The van der Waals surface area contributed by atoms with E-state index in [1.165, 1.54) is 0 Å². The molecule has 0 saturated carbocycles. The maximum atomic E-state index is 6.33. The van der Waals surface area contributed by atoms with E-state index in [2.05, 4.69) is 108 Å². The fourth-order valence-electron chi connectivity index (χ4n) is 6.44. The molecule has 9 aromatic rings. The normalized spacial score (nSPS) is 11.2. The van der Waals surface area contributed by atoms with Gasteiger partial charge in [-0.25, -0.2) is 15.0 Å². The van der Waals surface area contributed by atoms with E-state index in [0.717, 1.165) is 66.3 Å². The molecule has 5 heteroatoms. The lowest BCUT2D eigenvalue weighted by Gasteiger charge is -2.08. The molecule has 0 spiro atoms. The largest absolute Gasteiger partial charge is 0.456 e.